The predicted molar refractivity (Wildman–Crippen MR) is 109 cm³/mol. The first-order chi connectivity index (χ1) is 13.2. The third kappa shape index (κ3) is 6.94. The largest absolute Gasteiger partial charge is 0.454 e. The number of carbonyl (C=O) groups is 3. The number of esters is 1. The number of carbonyl (C=O) groups excluding carboxylic acids is 3. The lowest BCUT2D eigenvalue weighted by atomic mass is 10.0. The van der Waals surface area contributed by atoms with Gasteiger partial charge in [-0.3, -0.25) is 14.9 Å². The van der Waals surface area contributed by atoms with Gasteiger partial charge in [-0.05, 0) is 43.5 Å². The van der Waals surface area contributed by atoms with Crippen LogP contribution in [-0.4, -0.2) is 35.4 Å². The van der Waals surface area contributed by atoms with E-state index >= 15 is 0 Å². The first-order valence-electron chi connectivity index (χ1n) is 8.69. The molecule has 1 aromatic carbocycles. The number of nitrogens with zero attached hydrogens (tertiary/aromatic N) is 1. The molecule has 0 saturated heterocycles. The molecule has 28 heavy (non-hydrogen) atoms. The van der Waals surface area contributed by atoms with E-state index in [0.717, 1.165) is 5.69 Å². The number of aryl methyl sites for hydroxylation is 1. The third-order valence-corrected chi connectivity index (χ3v) is 4.74. The molecule has 2 rings (SSSR count). The highest BCUT2D eigenvalue weighted by molar-refractivity contribution is 7.13. The summed E-state index contributed by atoms with van der Waals surface area (Å²) in [5.41, 5.74) is 1.17. The molecule has 0 saturated carbocycles. The average molecular weight is 424 g/mol. The smallest absolute Gasteiger partial charge is 0.329 e. The Morgan fingerprint density at radius 3 is 2.46 bits per heavy atom. The van der Waals surface area contributed by atoms with Crippen LogP contribution in [0.5, 0.6) is 0 Å². The molecule has 150 valence electrons. The third-order valence-electron chi connectivity index (χ3n) is 3.61. The van der Waals surface area contributed by atoms with Crippen molar-refractivity contribution in [3.63, 3.8) is 0 Å². The molecule has 2 aromatic rings. The normalized spacial score (nSPS) is 11.8. The Bertz CT molecular complexity index is 836. The van der Waals surface area contributed by atoms with E-state index < -0.39 is 30.4 Å². The van der Waals surface area contributed by atoms with Crippen LogP contribution >= 0.6 is 22.9 Å². The van der Waals surface area contributed by atoms with E-state index in [1.54, 1.807) is 29.6 Å². The summed E-state index contributed by atoms with van der Waals surface area (Å²) in [7, 11) is 0. The van der Waals surface area contributed by atoms with Gasteiger partial charge in [0.15, 0.2) is 11.7 Å². The van der Waals surface area contributed by atoms with Crippen molar-refractivity contribution < 1.29 is 19.1 Å². The molecule has 0 fully saturated rings. The van der Waals surface area contributed by atoms with Gasteiger partial charge in [0.25, 0.3) is 11.8 Å². The van der Waals surface area contributed by atoms with Gasteiger partial charge in [-0.1, -0.05) is 25.4 Å². The molecule has 0 spiro atoms. The SMILES string of the molecule is Cc1csc(NC(=O)COC(=O)C(CC(C)C)NC(=O)c2ccc(Cl)cc2)n1. The fourth-order valence-electron chi connectivity index (χ4n) is 2.33. The molecular weight excluding hydrogens is 402 g/mol. The van der Waals surface area contributed by atoms with Crippen molar-refractivity contribution in [3.8, 4) is 0 Å². The minimum atomic E-state index is -0.863. The first-order valence-corrected chi connectivity index (χ1v) is 9.95. The Kier molecular flexibility index (Phi) is 7.95. The highest BCUT2D eigenvalue weighted by atomic mass is 35.5. The molecule has 1 aromatic heterocycles. The van der Waals surface area contributed by atoms with Crippen LogP contribution in [0, 0.1) is 12.8 Å². The lowest BCUT2D eigenvalue weighted by Crippen LogP contribution is -2.43. The molecule has 9 heteroatoms. The van der Waals surface area contributed by atoms with Crippen LogP contribution in [0.1, 0.15) is 36.3 Å². The number of halogens is 1. The second kappa shape index (κ2) is 10.2. The summed E-state index contributed by atoms with van der Waals surface area (Å²) in [6.45, 7) is 5.20. The Hall–Kier alpha value is -2.45. The number of thiazole rings is 1. The van der Waals surface area contributed by atoms with E-state index in [1.807, 2.05) is 20.8 Å². The summed E-state index contributed by atoms with van der Waals surface area (Å²) >= 11 is 7.11. The number of rotatable bonds is 8. The summed E-state index contributed by atoms with van der Waals surface area (Å²) in [6, 6.07) is 5.46. The summed E-state index contributed by atoms with van der Waals surface area (Å²) < 4.78 is 5.09. The van der Waals surface area contributed by atoms with E-state index in [1.165, 1.54) is 11.3 Å². The lowest BCUT2D eigenvalue weighted by Gasteiger charge is -2.19. The summed E-state index contributed by atoms with van der Waals surface area (Å²) in [6.07, 6.45) is 0.380. The number of nitrogens with one attached hydrogen (secondary N) is 2. The molecule has 0 radical (unpaired) electrons. The maximum atomic E-state index is 12.4. The minimum absolute atomic E-state index is 0.134. The number of benzene rings is 1. The Morgan fingerprint density at radius 2 is 1.89 bits per heavy atom. The summed E-state index contributed by atoms with van der Waals surface area (Å²) in [5, 5.41) is 7.97. The molecule has 1 atom stereocenters. The van der Waals surface area contributed by atoms with Gasteiger partial charge >= 0.3 is 5.97 Å². The predicted octanol–water partition coefficient (Wildman–Crippen LogP) is 3.43. The molecule has 1 heterocycles. The maximum Gasteiger partial charge on any atom is 0.329 e. The number of ether oxygens (including phenoxy) is 1. The second-order valence-corrected chi connectivity index (χ2v) is 7.91. The van der Waals surface area contributed by atoms with Gasteiger partial charge in [-0.2, -0.15) is 0 Å². The van der Waals surface area contributed by atoms with Crippen LogP contribution in [0.25, 0.3) is 0 Å². The number of hydrogen-bond acceptors (Lipinski definition) is 6. The fraction of sp³-hybridized carbons (Fsp3) is 0.368. The van der Waals surface area contributed by atoms with Gasteiger partial charge < -0.3 is 10.1 Å². The maximum absolute atomic E-state index is 12.4. The monoisotopic (exact) mass is 423 g/mol. The summed E-state index contributed by atoms with van der Waals surface area (Å²) in [4.78, 5) is 40.8. The zero-order valence-corrected chi connectivity index (χ0v) is 17.4. The van der Waals surface area contributed by atoms with Crippen LogP contribution in [-0.2, 0) is 14.3 Å². The van der Waals surface area contributed by atoms with Crippen molar-refractivity contribution in [2.24, 2.45) is 5.92 Å². The fourth-order valence-corrected chi connectivity index (χ4v) is 3.16. The van der Waals surface area contributed by atoms with Crippen molar-refractivity contribution in [1.82, 2.24) is 10.3 Å². The van der Waals surface area contributed by atoms with Crippen LogP contribution < -0.4 is 10.6 Å². The van der Waals surface area contributed by atoms with Gasteiger partial charge in [-0.15, -0.1) is 11.3 Å². The first kappa shape index (κ1) is 21.8. The second-order valence-electron chi connectivity index (χ2n) is 6.61. The van der Waals surface area contributed by atoms with Gasteiger partial charge in [0.2, 0.25) is 0 Å². The van der Waals surface area contributed by atoms with Crippen LogP contribution in [0.3, 0.4) is 0 Å². The van der Waals surface area contributed by atoms with Crippen LogP contribution in [0.4, 0.5) is 5.13 Å². The molecule has 7 nitrogen and oxygen atoms in total. The standard InChI is InChI=1S/C19H22ClN3O4S/c1-11(2)8-15(22-17(25)13-4-6-14(20)7-5-13)18(26)27-9-16(24)23-19-21-12(3)10-28-19/h4-7,10-11,15H,8-9H2,1-3H3,(H,22,25)(H,21,23,24). The van der Waals surface area contributed by atoms with Crippen molar-refractivity contribution >= 4 is 45.9 Å². The van der Waals surface area contributed by atoms with Crippen molar-refractivity contribution in [1.29, 1.82) is 0 Å². The minimum Gasteiger partial charge on any atom is -0.454 e. The Balaban J connectivity index is 1.93. The molecule has 0 bridgehead atoms. The van der Waals surface area contributed by atoms with Gasteiger partial charge in [0.05, 0.1) is 5.69 Å². The number of aromatic nitrogens is 1. The summed E-state index contributed by atoms with van der Waals surface area (Å²) in [5.74, 6) is -1.44. The topological polar surface area (TPSA) is 97.4 Å². The number of amides is 2. The molecule has 0 aliphatic heterocycles. The highest BCUT2D eigenvalue weighted by Crippen LogP contribution is 2.14. The van der Waals surface area contributed by atoms with Gasteiger partial charge in [0, 0.05) is 16.0 Å². The molecule has 0 aliphatic rings. The lowest BCUT2D eigenvalue weighted by molar-refractivity contribution is -0.149. The van der Waals surface area contributed by atoms with Crippen LogP contribution in [0.15, 0.2) is 29.6 Å². The zero-order chi connectivity index (χ0) is 20.7. The molecular formula is C19H22ClN3O4S. The number of hydrogen-bond donors (Lipinski definition) is 2. The number of anilines is 1. The molecule has 2 N–H and O–H groups in total. The Morgan fingerprint density at radius 1 is 1.21 bits per heavy atom. The average Bonchev–Trinajstić information content (AvgIpc) is 3.03. The molecule has 0 aliphatic carbocycles. The van der Waals surface area contributed by atoms with Gasteiger partial charge in [0.1, 0.15) is 6.04 Å². The van der Waals surface area contributed by atoms with E-state index in [4.69, 9.17) is 16.3 Å². The van der Waals surface area contributed by atoms with Crippen molar-refractivity contribution in [3.05, 3.63) is 45.9 Å². The van der Waals surface area contributed by atoms with Crippen molar-refractivity contribution in [2.45, 2.75) is 33.2 Å². The van der Waals surface area contributed by atoms with Crippen molar-refractivity contribution in [2.75, 3.05) is 11.9 Å². The Labute approximate surface area is 172 Å². The van der Waals surface area contributed by atoms with E-state index in [2.05, 4.69) is 15.6 Å². The van der Waals surface area contributed by atoms with E-state index in [-0.39, 0.29) is 5.92 Å². The van der Waals surface area contributed by atoms with Gasteiger partial charge in [-0.25, -0.2) is 9.78 Å². The highest BCUT2D eigenvalue weighted by Gasteiger charge is 2.24. The zero-order valence-electron chi connectivity index (χ0n) is 15.8. The molecule has 2 amide bonds. The van der Waals surface area contributed by atoms with E-state index in [9.17, 15) is 14.4 Å². The van der Waals surface area contributed by atoms with E-state index in [0.29, 0.717) is 22.1 Å². The quantitative estimate of drug-likeness (QED) is 0.634. The van der Waals surface area contributed by atoms with Crippen LogP contribution in [0.2, 0.25) is 5.02 Å². The molecule has 1 unspecified atom stereocenters.